The fourth-order valence-corrected chi connectivity index (χ4v) is 4.13. The molecule has 0 bridgehead atoms. The van der Waals surface area contributed by atoms with E-state index in [0.29, 0.717) is 24.1 Å². The summed E-state index contributed by atoms with van der Waals surface area (Å²) in [5.41, 5.74) is 2.37. The first-order valence-corrected chi connectivity index (χ1v) is 8.82. The predicted octanol–water partition coefficient (Wildman–Crippen LogP) is 3.86. The summed E-state index contributed by atoms with van der Waals surface area (Å²) >= 11 is 0. The molecule has 1 atom stereocenters. The van der Waals surface area contributed by atoms with Crippen molar-refractivity contribution < 1.29 is 9.32 Å². The number of para-hydroxylation sites is 1. The van der Waals surface area contributed by atoms with E-state index in [4.69, 9.17) is 4.52 Å². The Kier molecular flexibility index (Phi) is 3.87. The fourth-order valence-electron chi connectivity index (χ4n) is 4.13. The Bertz CT molecular complexity index is 747. The number of amides is 1. The van der Waals surface area contributed by atoms with E-state index in [-0.39, 0.29) is 11.8 Å². The van der Waals surface area contributed by atoms with Gasteiger partial charge in [0.25, 0.3) is 0 Å². The average molecular weight is 325 g/mol. The Balaban J connectivity index is 1.49. The number of aromatic nitrogens is 2. The lowest BCUT2D eigenvalue weighted by Gasteiger charge is -2.24. The van der Waals surface area contributed by atoms with E-state index in [1.165, 1.54) is 25.7 Å². The third-order valence-corrected chi connectivity index (χ3v) is 5.43. The lowest BCUT2D eigenvalue weighted by molar-refractivity contribution is -0.116. The Labute approximate surface area is 141 Å². The van der Waals surface area contributed by atoms with Crippen LogP contribution in [0.4, 0.5) is 5.69 Å². The van der Waals surface area contributed by atoms with Crippen LogP contribution in [0.15, 0.2) is 28.8 Å². The van der Waals surface area contributed by atoms with Crippen molar-refractivity contribution >= 4 is 11.6 Å². The van der Waals surface area contributed by atoms with Gasteiger partial charge in [-0.3, -0.25) is 4.79 Å². The largest absolute Gasteiger partial charge is 0.339 e. The molecule has 4 rings (SSSR count). The quantitative estimate of drug-likeness (QED) is 0.927. The summed E-state index contributed by atoms with van der Waals surface area (Å²) in [5.74, 6) is 1.60. The summed E-state index contributed by atoms with van der Waals surface area (Å²) in [5, 5.41) is 7.11. The second-order valence-corrected chi connectivity index (χ2v) is 7.54. The Morgan fingerprint density at radius 1 is 1.29 bits per heavy atom. The van der Waals surface area contributed by atoms with Gasteiger partial charge < -0.3 is 9.84 Å². The number of hydrogen-bond acceptors (Lipinski definition) is 4. The maximum absolute atomic E-state index is 11.9. The highest BCUT2D eigenvalue weighted by Gasteiger charge is 2.31. The van der Waals surface area contributed by atoms with Crippen LogP contribution in [0.3, 0.4) is 0 Å². The highest BCUT2D eigenvalue weighted by atomic mass is 16.5. The maximum Gasteiger partial charge on any atom is 0.227 e. The third-order valence-electron chi connectivity index (χ3n) is 5.43. The zero-order valence-electron chi connectivity index (χ0n) is 14.0. The van der Waals surface area contributed by atoms with E-state index in [2.05, 4.69) is 28.4 Å². The van der Waals surface area contributed by atoms with Gasteiger partial charge in [-0.25, -0.2) is 0 Å². The van der Waals surface area contributed by atoms with Crippen LogP contribution >= 0.6 is 0 Å². The third kappa shape index (κ3) is 3.07. The van der Waals surface area contributed by atoms with Gasteiger partial charge in [0, 0.05) is 30.9 Å². The molecule has 1 aliphatic heterocycles. The van der Waals surface area contributed by atoms with Gasteiger partial charge in [0.05, 0.1) is 0 Å². The molecular weight excluding hydrogens is 302 g/mol. The molecule has 1 fully saturated rings. The molecule has 126 valence electrons. The molecule has 24 heavy (non-hydrogen) atoms. The van der Waals surface area contributed by atoms with Crippen LogP contribution in [0.2, 0.25) is 0 Å². The molecule has 1 amide bonds. The number of carbonyl (C=O) groups excluding carboxylic acids is 1. The lowest BCUT2D eigenvalue weighted by Crippen LogP contribution is -2.24. The van der Waals surface area contributed by atoms with Crippen LogP contribution in [0, 0.1) is 5.41 Å². The van der Waals surface area contributed by atoms with Gasteiger partial charge in [-0.05, 0) is 29.9 Å². The molecule has 2 heterocycles. The molecule has 0 saturated heterocycles. The standard InChI is InChI=1S/C19H23N3O2/c1-19(8-4-5-9-19)12-16-21-18(24-22-16)11-13-10-17(23)20-15-7-3-2-6-14(13)15/h2-3,6-7,13H,4-5,8-12H2,1H3,(H,20,23). The minimum absolute atomic E-state index is 0.0527. The van der Waals surface area contributed by atoms with E-state index in [9.17, 15) is 4.79 Å². The van der Waals surface area contributed by atoms with Crippen LogP contribution < -0.4 is 5.32 Å². The SMILES string of the molecule is CC1(Cc2noc(CC3CC(=O)Nc4ccccc43)n2)CCCC1. The first-order chi connectivity index (χ1) is 11.6. The van der Waals surface area contributed by atoms with E-state index >= 15 is 0 Å². The lowest BCUT2D eigenvalue weighted by atomic mass is 9.85. The van der Waals surface area contributed by atoms with Gasteiger partial charge in [-0.2, -0.15) is 4.98 Å². The van der Waals surface area contributed by atoms with Crippen molar-refractivity contribution in [3.05, 3.63) is 41.5 Å². The van der Waals surface area contributed by atoms with Crippen molar-refractivity contribution in [1.82, 2.24) is 10.1 Å². The van der Waals surface area contributed by atoms with Gasteiger partial charge in [-0.15, -0.1) is 0 Å². The Hall–Kier alpha value is -2.17. The number of nitrogens with zero attached hydrogens (tertiary/aromatic N) is 2. The molecule has 1 saturated carbocycles. The van der Waals surface area contributed by atoms with Crippen LogP contribution in [-0.4, -0.2) is 16.0 Å². The van der Waals surface area contributed by atoms with E-state index in [0.717, 1.165) is 23.5 Å². The molecule has 1 N–H and O–H groups in total. The first kappa shape index (κ1) is 15.4. The van der Waals surface area contributed by atoms with Crippen molar-refractivity contribution in [3.8, 4) is 0 Å². The average Bonchev–Trinajstić information content (AvgIpc) is 3.17. The summed E-state index contributed by atoms with van der Waals surface area (Å²) in [6.07, 6.45) is 7.06. The molecule has 1 unspecified atom stereocenters. The molecular formula is C19H23N3O2. The van der Waals surface area contributed by atoms with E-state index in [1.807, 2.05) is 18.2 Å². The number of nitrogens with one attached hydrogen (secondary N) is 1. The zero-order chi connectivity index (χ0) is 16.6. The first-order valence-electron chi connectivity index (χ1n) is 8.82. The van der Waals surface area contributed by atoms with Crippen LogP contribution in [0.5, 0.6) is 0 Å². The normalized spacial score (nSPS) is 22.2. The van der Waals surface area contributed by atoms with Crippen molar-refractivity contribution in [2.75, 3.05) is 5.32 Å². The highest BCUT2D eigenvalue weighted by Crippen LogP contribution is 2.40. The predicted molar refractivity (Wildman–Crippen MR) is 90.7 cm³/mol. The number of hydrogen-bond donors (Lipinski definition) is 1. The maximum atomic E-state index is 11.9. The smallest absolute Gasteiger partial charge is 0.227 e. The van der Waals surface area contributed by atoms with Gasteiger partial charge in [0.2, 0.25) is 11.8 Å². The molecule has 2 aliphatic rings. The number of benzene rings is 1. The summed E-state index contributed by atoms with van der Waals surface area (Å²) in [7, 11) is 0. The molecule has 5 nitrogen and oxygen atoms in total. The van der Waals surface area contributed by atoms with Gasteiger partial charge in [0.15, 0.2) is 5.82 Å². The minimum atomic E-state index is 0.0527. The molecule has 0 radical (unpaired) electrons. The molecule has 1 aliphatic carbocycles. The van der Waals surface area contributed by atoms with Gasteiger partial charge in [-0.1, -0.05) is 43.1 Å². The number of carbonyl (C=O) groups is 1. The second kappa shape index (κ2) is 6.04. The van der Waals surface area contributed by atoms with Crippen LogP contribution in [0.1, 0.15) is 62.2 Å². The molecule has 2 aromatic rings. The van der Waals surface area contributed by atoms with E-state index in [1.54, 1.807) is 0 Å². The molecule has 0 spiro atoms. The monoisotopic (exact) mass is 325 g/mol. The second-order valence-electron chi connectivity index (χ2n) is 7.54. The van der Waals surface area contributed by atoms with Gasteiger partial charge in [0.1, 0.15) is 0 Å². The van der Waals surface area contributed by atoms with Crippen LogP contribution in [0.25, 0.3) is 0 Å². The summed E-state index contributed by atoms with van der Waals surface area (Å²) in [6, 6.07) is 7.95. The van der Waals surface area contributed by atoms with Crippen molar-refractivity contribution in [3.63, 3.8) is 0 Å². The molecule has 1 aromatic carbocycles. The number of anilines is 1. The minimum Gasteiger partial charge on any atom is -0.339 e. The summed E-state index contributed by atoms with van der Waals surface area (Å²) in [4.78, 5) is 16.5. The molecule has 1 aromatic heterocycles. The zero-order valence-corrected chi connectivity index (χ0v) is 14.0. The Morgan fingerprint density at radius 3 is 2.92 bits per heavy atom. The molecule has 5 heteroatoms. The van der Waals surface area contributed by atoms with Crippen molar-refractivity contribution in [1.29, 1.82) is 0 Å². The fraction of sp³-hybridized carbons (Fsp3) is 0.526. The highest BCUT2D eigenvalue weighted by molar-refractivity contribution is 5.94. The van der Waals surface area contributed by atoms with Gasteiger partial charge >= 0.3 is 0 Å². The summed E-state index contributed by atoms with van der Waals surface area (Å²) in [6.45, 7) is 2.32. The number of rotatable bonds is 4. The topological polar surface area (TPSA) is 68.0 Å². The van der Waals surface area contributed by atoms with Crippen molar-refractivity contribution in [2.45, 2.75) is 57.8 Å². The van der Waals surface area contributed by atoms with E-state index < -0.39 is 0 Å². The number of fused-ring (bicyclic) bond motifs is 1. The van der Waals surface area contributed by atoms with Crippen molar-refractivity contribution in [2.24, 2.45) is 5.41 Å². The van der Waals surface area contributed by atoms with Crippen LogP contribution in [-0.2, 0) is 17.6 Å². The summed E-state index contributed by atoms with van der Waals surface area (Å²) < 4.78 is 5.48. The Morgan fingerprint density at radius 2 is 2.08 bits per heavy atom.